The van der Waals surface area contributed by atoms with Gasteiger partial charge in [0.05, 0.1) is 21.0 Å². The highest BCUT2D eigenvalue weighted by molar-refractivity contribution is 5.45. The number of ether oxygens (including phenoxy) is 1. The summed E-state index contributed by atoms with van der Waals surface area (Å²) in [5.41, 5.74) is -1.89. The third-order valence-corrected chi connectivity index (χ3v) is 4.79. The van der Waals surface area contributed by atoms with Crippen LogP contribution >= 0.6 is 0 Å². The summed E-state index contributed by atoms with van der Waals surface area (Å²) < 4.78 is 34.0. The van der Waals surface area contributed by atoms with E-state index < -0.39 is 44.1 Å². The SMILES string of the molecule is Cc1cc(F)c([N+](=O)[O-])cc1C(C)(C)OC(C)(C)c1cc([N+](=O)[O-])c(F)cc1C. The first kappa shape index (κ1) is 22.4. The molecule has 0 fully saturated rings. The number of nitro groups is 2. The summed E-state index contributed by atoms with van der Waals surface area (Å²) in [7, 11) is 0. The van der Waals surface area contributed by atoms with E-state index in [1.54, 1.807) is 41.5 Å². The highest BCUT2D eigenvalue weighted by Crippen LogP contribution is 2.40. The van der Waals surface area contributed by atoms with E-state index in [1.165, 1.54) is 0 Å². The van der Waals surface area contributed by atoms with Crippen LogP contribution in [0.25, 0.3) is 0 Å². The van der Waals surface area contributed by atoms with Crippen LogP contribution in [-0.4, -0.2) is 9.85 Å². The largest absolute Gasteiger partial charge is 0.360 e. The summed E-state index contributed by atoms with van der Waals surface area (Å²) in [5.74, 6) is -1.90. The van der Waals surface area contributed by atoms with Gasteiger partial charge in [0.2, 0.25) is 11.6 Å². The molecule has 0 saturated heterocycles. The zero-order chi connectivity index (χ0) is 22.3. The van der Waals surface area contributed by atoms with Gasteiger partial charge in [0.25, 0.3) is 0 Å². The van der Waals surface area contributed by atoms with Crippen LogP contribution in [0.5, 0.6) is 0 Å². The third kappa shape index (κ3) is 4.40. The molecule has 7 nitrogen and oxygen atoms in total. The molecule has 0 unspecified atom stereocenters. The van der Waals surface area contributed by atoms with Gasteiger partial charge in [-0.25, -0.2) is 0 Å². The maximum atomic E-state index is 13.9. The van der Waals surface area contributed by atoms with Crippen molar-refractivity contribution >= 4 is 11.4 Å². The van der Waals surface area contributed by atoms with Crippen molar-refractivity contribution < 1.29 is 23.4 Å². The molecule has 0 radical (unpaired) electrons. The van der Waals surface area contributed by atoms with Crippen molar-refractivity contribution in [1.29, 1.82) is 0 Å². The Balaban J connectivity index is 2.54. The molecular formula is C20H22F2N2O5. The van der Waals surface area contributed by atoms with Gasteiger partial charge in [-0.15, -0.1) is 0 Å². The minimum atomic E-state index is -1.12. The maximum Gasteiger partial charge on any atom is 0.305 e. The monoisotopic (exact) mass is 408 g/mol. The standard InChI is InChI=1S/C20H22F2N2O5/c1-11-7-15(21)17(23(25)26)9-13(11)19(3,4)29-20(5,6)14-10-18(24(27)28)16(22)8-12(14)2/h7-10H,1-6H3. The Hall–Kier alpha value is -2.94. The van der Waals surface area contributed by atoms with Crippen molar-refractivity contribution in [3.63, 3.8) is 0 Å². The molecular weight excluding hydrogens is 386 g/mol. The second kappa shape index (κ2) is 7.47. The van der Waals surface area contributed by atoms with Crippen LogP contribution in [0.4, 0.5) is 20.2 Å². The molecule has 0 atom stereocenters. The van der Waals surface area contributed by atoms with Crippen molar-refractivity contribution in [2.45, 2.75) is 52.7 Å². The van der Waals surface area contributed by atoms with E-state index >= 15 is 0 Å². The summed E-state index contributed by atoms with van der Waals surface area (Å²) in [4.78, 5) is 20.6. The lowest BCUT2D eigenvalue weighted by Crippen LogP contribution is -2.34. The van der Waals surface area contributed by atoms with Crippen molar-refractivity contribution in [3.8, 4) is 0 Å². The van der Waals surface area contributed by atoms with Crippen LogP contribution in [0.3, 0.4) is 0 Å². The highest BCUT2D eigenvalue weighted by Gasteiger charge is 2.36. The van der Waals surface area contributed by atoms with E-state index in [9.17, 15) is 29.0 Å². The summed E-state index contributed by atoms with van der Waals surface area (Å²) in [6.07, 6.45) is 0. The molecule has 0 aromatic heterocycles. The molecule has 0 aliphatic rings. The molecule has 2 rings (SSSR count). The predicted octanol–water partition coefficient (Wildman–Crippen LogP) is 5.59. The Labute approximate surface area is 166 Å². The van der Waals surface area contributed by atoms with Gasteiger partial charge in [0.1, 0.15) is 0 Å². The maximum absolute atomic E-state index is 13.9. The Kier molecular flexibility index (Phi) is 5.76. The minimum absolute atomic E-state index is 0.396. The number of hydrogen-bond acceptors (Lipinski definition) is 5. The quantitative estimate of drug-likeness (QED) is 0.459. The van der Waals surface area contributed by atoms with Gasteiger partial charge in [0.15, 0.2) is 0 Å². The van der Waals surface area contributed by atoms with Crippen molar-refractivity contribution in [2.24, 2.45) is 0 Å². The summed E-state index contributed by atoms with van der Waals surface area (Å²) in [6.45, 7) is 9.85. The first-order valence-corrected chi connectivity index (χ1v) is 8.77. The Morgan fingerprint density at radius 2 is 1.07 bits per heavy atom. The number of benzene rings is 2. The zero-order valence-corrected chi connectivity index (χ0v) is 17.0. The smallest absolute Gasteiger partial charge is 0.305 e. The van der Waals surface area contributed by atoms with Gasteiger partial charge in [-0.2, -0.15) is 8.78 Å². The summed E-state index contributed by atoms with van der Waals surface area (Å²) >= 11 is 0. The van der Waals surface area contributed by atoms with E-state index in [0.29, 0.717) is 22.3 Å². The van der Waals surface area contributed by atoms with Crippen molar-refractivity contribution in [1.82, 2.24) is 0 Å². The van der Waals surface area contributed by atoms with E-state index in [-0.39, 0.29) is 0 Å². The normalized spacial score (nSPS) is 12.1. The molecule has 2 aromatic carbocycles. The molecule has 0 heterocycles. The predicted molar refractivity (Wildman–Crippen MR) is 103 cm³/mol. The zero-order valence-electron chi connectivity index (χ0n) is 17.0. The van der Waals surface area contributed by atoms with Crippen LogP contribution in [0.15, 0.2) is 24.3 Å². The second-order valence-corrected chi connectivity index (χ2v) is 7.87. The number of nitrogens with zero attached hydrogens (tertiary/aromatic N) is 2. The molecule has 9 heteroatoms. The van der Waals surface area contributed by atoms with E-state index in [1.807, 2.05) is 0 Å². The van der Waals surface area contributed by atoms with Crippen LogP contribution in [-0.2, 0) is 15.9 Å². The van der Waals surface area contributed by atoms with Crippen molar-refractivity contribution in [2.75, 3.05) is 0 Å². The topological polar surface area (TPSA) is 95.5 Å². The average Bonchev–Trinajstić information content (AvgIpc) is 2.52. The Bertz CT molecular complexity index is 923. The fourth-order valence-corrected chi connectivity index (χ4v) is 3.65. The first-order valence-electron chi connectivity index (χ1n) is 8.77. The van der Waals surface area contributed by atoms with Crippen LogP contribution < -0.4 is 0 Å². The lowest BCUT2D eigenvalue weighted by atomic mass is 9.88. The Morgan fingerprint density at radius 1 is 0.759 bits per heavy atom. The van der Waals surface area contributed by atoms with Crippen LogP contribution in [0.2, 0.25) is 0 Å². The fraction of sp³-hybridized carbons (Fsp3) is 0.400. The van der Waals surface area contributed by atoms with Crippen LogP contribution in [0, 0.1) is 45.7 Å². The number of halogens is 2. The molecule has 0 amide bonds. The number of aryl methyl sites for hydroxylation is 2. The molecule has 0 aliphatic carbocycles. The van der Waals surface area contributed by atoms with E-state index in [2.05, 4.69) is 0 Å². The van der Waals surface area contributed by atoms with Crippen molar-refractivity contribution in [3.05, 3.63) is 78.4 Å². The molecule has 2 aromatic rings. The molecule has 0 spiro atoms. The van der Waals surface area contributed by atoms with Gasteiger partial charge in [-0.3, -0.25) is 20.2 Å². The summed E-state index contributed by atoms with van der Waals surface area (Å²) in [5, 5.41) is 22.2. The number of nitro benzene ring substituents is 2. The van der Waals surface area contributed by atoms with E-state index in [4.69, 9.17) is 4.74 Å². The van der Waals surface area contributed by atoms with Gasteiger partial charge in [-0.05, 0) is 75.9 Å². The molecule has 29 heavy (non-hydrogen) atoms. The highest BCUT2D eigenvalue weighted by atomic mass is 19.1. The van der Waals surface area contributed by atoms with Crippen LogP contribution in [0.1, 0.15) is 49.9 Å². The summed E-state index contributed by atoms with van der Waals surface area (Å²) in [6, 6.07) is 4.39. The van der Waals surface area contributed by atoms with Gasteiger partial charge in [-0.1, -0.05) is 0 Å². The molecule has 156 valence electrons. The van der Waals surface area contributed by atoms with Gasteiger partial charge < -0.3 is 4.74 Å². The van der Waals surface area contributed by atoms with Gasteiger partial charge in [0, 0.05) is 12.1 Å². The fourth-order valence-electron chi connectivity index (χ4n) is 3.65. The van der Waals surface area contributed by atoms with E-state index in [0.717, 1.165) is 24.3 Å². The van der Waals surface area contributed by atoms with Gasteiger partial charge >= 0.3 is 11.4 Å². The molecule has 0 bridgehead atoms. The number of hydrogen-bond donors (Lipinski definition) is 0. The minimum Gasteiger partial charge on any atom is -0.360 e. The molecule has 0 N–H and O–H groups in total. The third-order valence-electron chi connectivity index (χ3n) is 4.79. The molecule has 0 aliphatic heterocycles. The number of rotatable bonds is 6. The first-order chi connectivity index (χ1) is 13.2. The lowest BCUT2D eigenvalue weighted by molar-refractivity contribution is -0.387. The Morgan fingerprint density at radius 3 is 1.34 bits per heavy atom. The molecule has 0 saturated carbocycles. The lowest BCUT2D eigenvalue weighted by Gasteiger charge is -2.38. The average molecular weight is 408 g/mol. The second-order valence-electron chi connectivity index (χ2n) is 7.87.